The zero-order valence-corrected chi connectivity index (χ0v) is 14.8. The van der Waals surface area contributed by atoms with E-state index in [0.717, 1.165) is 0 Å². The van der Waals surface area contributed by atoms with E-state index >= 15 is 0 Å². The molecule has 0 heterocycles. The molecule has 126 valence electrons. The van der Waals surface area contributed by atoms with Crippen molar-refractivity contribution >= 4 is 29.7 Å². The Kier molecular flexibility index (Phi) is 17.5. The van der Waals surface area contributed by atoms with E-state index in [1.54, 1.807) is 20.8 Å². The second-order valence-corrected chi connectivity index (χ2v) is 5.20. The van der Waals surface area contributed by atoms with E-state index in [4.69, 9.17) is 10.5 Å². The minimum Gasteiger partial charge on any atom is -0.468 e. The monoisotopic (exact) mass is 324 g/mol. The van der Waals surface area contributed by atoms with Gasteiger partial charge in [0.15, 0.2) is 0 Å². The Morgan fingerprint density at radius 3 is 1.90 bits per heavy atom. The van der Waals surface area contributed by atoms with Crippen molar-refractivity contribution in [2.75, 3.05) is 25.7 Å². The van der Waals surface area contributed by atoms with Crippen molar-refractivity contribution in [2.45, 2.75) is 40.2 Å². The fourth-order valence-electron chi connectivity index (χ4n) is 0.673. The standard InChI is InChI=1S/C8H15NO4.C3H7NOS.C2H6/c1-8(2,3)13-7(11)9-5-6(10)12-4;1-6-2-3(4)5;1-2/h5H2,1-4H3,(H,9,11);2H2,1H3,(H2,4,5);1-2H3. The average molecular weight is 324 g/mol. The van der Waals surface area contributed by atoms with Crippen LogP contribution in [0.25, 0.3) is 0 Å². The van der Waals surface area contributed by atoms with Gasteiger partial charge in [0.1, 0.15) is 12.1 Å². The van der Waals surface area contributed by atoms with Crippen LogP contribution in [0.1, 0.15) is 34.6 Å². The topological polar surface area (TPSA) is 108 Å². The van der Waals surface area contributed by atoms with Crippen LogP contribution in [0.4, 0.5) is 4.79 Å². The summed E-state index contributed by atoms with van der Waals surface area (Å²) in [4.78, 5) is 31.3. The van der Waals surface area contributed by atoms with Crippen LogP contribution in [-0.4, -0.2) is 49.2 Å². The minimum absolute atomic E-state index is 0.175. The van der Waals surface area contributed by atoms with Crippen molar-refractivity contribution in [3.63, 3.8) is 0 Å². The number of hydrogen-bond acceptors (Lipinski definition) is 6. The molecular formula is C13H28N2O5S. The smallest absolute Gasteiger partial charge is 0.408 e. The lowest BCUT2D eigenvalue weighted by atomic mass is 10.2. The highest BCUT2D eigenvalue weighted by atomic mass is 32.2. The summed E-state index contributed by atoms with van der Waals surface area (Å²) in [5.41, 5.74) is 4.19. The molecule has 3 N–H and O–H groups in total. The Balaban J connectivity index is -0.000000339. The van der Waals surface area contributed by atoms with Crippen LogP contribution < -0.4 is 11.1 Å². The third-order valence-electron chi connectivity index (χ3n) is 1.29. The number of nitrogens with two attached hydrogens (primary N) is 1. The molecule has 2 amide bonds. The van der Waals surface area contributed by atoms with Gasteiger partial charge in [-0.2, -0.15) is 11.8 Å². The van der Waals surface area contributed by atoms with Crippen molar-refractivity contribution in [3.05, 3.63) is 0 Å². The molecule has 0 saturated heterocycles. The number of primary amides is 1. The molecule has 0 unspecified atom stereocenters. The first-order chi connectivity index (χ1) is 9.62. The predicted molar refractivity (Wildman–Crippen MR) is 85.2 cm³/mol. The zero-order chi connectivity index (χ0) is 17.5. The largest absolute Gasteiger partial charge is 0.468 e. The van der Waals surface area contributed by atoms with E-state index < -0.39 is 17.7 Å². The van der Waals surface area contributed by atoms with Gasteiger partial charge in [-0.3, -0.25) is 9.59 Å². The van der Waals surface area contributed by atoms with Crippen molar-refractivity contribution in [2.24, 2.45) is 5.73 Å². The quantitative estimate of drug-likeness (QED) is 0.760. The molecule has 0 saturated carbocycles. The lowest BCUT2D eigenvalue weighted by Gasteiger charge is -2.19. The first-order valence-corrected chi connectivity index (χ1v) is 7.82. The summed E-state index contributed by atoms with van der Waals surface area (Å²) in [5.74, 6) is -0.326. The molecule has 0 atom stereocenters. The summed E-state index contributed by atoms with van der Waals surface area (Å²) < 4.78 is 9.20. The maximum Gasteiger partial charge on any atom is 0.408 e. The normalized spacial score (nSPS) is 9.10. The maximum atomic E-state index is 10.9. The molecule has 0 rings (SSSR count). The SMILES string of the molecule is CC.COC(=O)CNC(=O)OC(C)(C)C.CSCC(N)=O. The van der Waals surface area contributed by atoms with Crippen LogP contribution >= 0.6 is 11.8 Å². The average Bonchev–Trinajstić information content (AvgIpc) is 2.37. The van der Waals surface area contributed by atoms with Crippen LogP contribution in [0.2, 0.25) is 0 Å². The second-order valence-electron chi connectivity index (χ2n) is 4.33. The van der Waals surface area contributed by atoms with Crippen molar-refractivity contribution in [1.82, 2.24) is 5.32 Å². The number of methoxy groups -OCH3 is 1. The summed E-state index contributed by atoms with van der Waals surface area (Å²) in [7, 11) is 1.25. The molecule has 0 aromatic carbocycles. The molecule has 0 bridgehead atoms. The first kappa shape index (κ1) is 24.6. The third kappa shape index (κ3) is 27.7. The highest BCUT2D eigenvalue weighted by molar-refractivity contribution is 7.99. The molecule has 0 fully saturated rings. The van der Waals surface area contributed by atoms with Crippen LogP contribution in [0.3, 0.4) is 0 Å². The van der Waals surface area contributed by atoms with Gasteiger partial charge >= 0.3 is 12.1 Å². The molecule has 0 aliphatic rings. The lowest BCUT2D eigenvalue weighted by molar-refractivity contribution is -0.139. The van der Waals surface area contributed by atoms with Crippen LogP contribution in [0.15, 0.2) is 0 Å². The van der Waals surface area contributed by atoms with Gasteiger partial charge in [0.05, 0.1) is 12.9 Å². The summed E-state index contributed by atoms with van der Waals surface area (Å²) >= 11 is 1.44. The Morgan fingerprint density at radius 1 is 1.19 bits per heavy atom. The molecule has 8 heteroatoms. The summed E-state index contributed by atoms with van der Waals surface area (Å²) in [5, 5.41) is 2.25. The molecule has 0 aliphatic carbocycles. The van der Waals surface area contributed by atoms with E-state index in [1.165, 1.54) is 18.9 Å². The van der Waals surface area contributed by atoms with Crippen LogP contribution in [-0.2, 0) is 19.1 Å². The van der Waals surface area contributed by atoms with E-state index in [2.05, 4.69) is 10.1 Å². The van der Waals surface area contributed by atoms with Crippen molar-refractivity contribution in [1.29, 1.82) is 0 Å². The van der Waals surface area contributed by atoms with E-state index in [1.807, 2.05) is 20.1 Å². The number of ether oxygens (including phenoxy) is 2. The van der Waals surface area contributed by atoms with Gasteiger partial charge in [0.2, 0.25) is 5.91 Å². The molecule has 0 radical (unpaired) electrons. The van der Waals surface area contributed by atoms with Gasteiger partial charge in [-0.05, 0) is 27.0 Å². The number of amides is 2. The van der Waals surface area contributed by atoms with Gasteiger partial charge in [-0.15, -0.1) is 0 Å². The predicted octanol–water partition coefficient (Wildman–Crippen LogP) is 1.54. The summed E-state index contributed by atoms with van der Waals surface area (Å²) in [6, 6.07) is 0. The molecule has 0 aromatic rings. The van der Waals surface area contributed by atoms with Gasteiger partial charge in [-0.1, -0.05) is 13.8 Å². The van der Waals surface area contributed by atoms with Crippen LogP contribution in [0.5, 0.6) is 0 Å². The third-order valence-corrected chi connectivity index (χ3v) is 1.86. The molecule has 0 aliphatic heterocycles. The number of hydrogen-bond donors (Lipinski definition) is 2. The number of alkyl carbamates (subject to hydrolysis) is 1. The first-order valence-electron chi connectivity index (χ1n) is 6.43. The molecule has 0 aromatic heterocycles. The Hall–Kier alpha value is -1.44. The van der Waals surface area contributed by atoms with E-state index in [-0.39, 0.29) is 12.5 Å². The number of rotatable bonds is 4. The van der Waals surface area contributed by atoms with E-state index in [9.17, 15) is 14.4 Å². The van der Waals surface area contributed by atoms with Crippen molar-refractivity contribution < 1.29 is 23.9 Å². The number of thioether (sulfide) groups is 1. The second kappa shape index (κ2) is 15.0. The minimum atomic E-state index is -0.627. The van der Waals surface area contributed by atoms with Crippen LogP contribution in [0, 0.1) is 0 Å². The molecular weight excluding hydrogens is 296 g/mol. The molecule has 7 nitrogen and oxygen atoms in total. The number of esters is 1. The summed E-state index contributed by atoms with van der Waals surface area (Å²) in [6.45, 7) is 9.05. The fraction of sp³-hybridized carbons (Fsp3) is 0.769. The van der Waals surface area contributed by atoms with Gasteiger partial charge in [0.25, 0.3) is 0 Å². The van der Waals surface area contributed by atoms with Gasteiger partial charge in [-0.25, -0.2) is 4.79 Å². The number of nitrogens with one attached hydrogen (secondary N) is 1. The Bertz CT molecular complexity index is 303. The Morgan fingerprint density at radius 2 is 1.67 bits per heavy atom. The highest BCUT2D eigenvalue weighted by Gasteiger charge is 2.16. The van der Waals surface area contributed by atoms with Gasteiger partial charge < -0.3 is 20.5 Å². The highest BCUT2D eigenvalue weighted by Crippen LogP contribution is 2.05. The number of carbonyl (C=O) groups is 3. The van der Waals surface area contributed by atoms with Gasteiger partial charge in [0, 0.05) is 0 Å². The van der Waals surface area contributed by atoms with Crippen molar-refractivity contribution in [3.8, 4) is 0 Å². The zero-order valence-electron chi connectivity index (χ0n) is 13.9. The number of carbonyl (C=O) groups excluding carboxylic acids is 3. The Labute approximate surface area is 131 Å². The maximum absolute atomic E-state index is 10.9. The molecule has 0 spiro atoms. The fourth-order valence-corrected chi connectivity index (χ4v) is 0.957. The summed E-state index contributed by atoms with van der Waals surface area (Å²) in [6.07, 6.45) is 1.21. The molecule has 21 heavy (non-hydrogen) atoms. The van der Waals surface area contributed by atoms with E-state index in [0.29, 0.717) is 5.75 Å². The lowest BCUT2D eigenvalue weighted by Crippen LogP contribution is -2.35.